The van der Waals surface area contributed by atoms with Crippen LogP contribution in [0.4, 0.5) is 4.39 Å². The maximum absolute atomic E-state index is 13.2. The Hall–Kier alpha value is -3.32. The number of hydrogen-bond acceptors (Lipinski definition) is 4. The number of carbonyl (C=O) groups excluding carboxylic acids is 1. The average Bonchev–Trinajstić information content (AvgIpc) is 2.73. The van der Waals surface area contributed by atoms with Crippen molar-refractivity contribution in [1.82, 2.24) is 19.6 Å². The van der Waals surface area contributed by atoms with Crippen molar-refractivity contribution in [2.75, 3.05) is 20.6 Å². The number of hydrogen-bond donors (Lipinski definition) is 0. The zero-order valence-electron chi connectivity index (χ0n) is 17.4. The second kappa shape index (κ2) is 9.45. The van der Waals surface area contributed by atoms with E-state index >= 15 is 0 Å². The summed E-state index contributed by atoms with van der Waals surface area (Å²) in [6.07, 6.45) is 0. The van der Waals surface area contributed by atoms with Crippen LogP contribution in [0.25, 0.3) is 5.69 Å². The smallest absolute Gasteiger partial charge is 0.274 e. The van der Waals surface area contributed by atoms with Crippen LogP contribution in [-0.2, 0) is 13.1 Å². The third-order valence-electron chi connectivity index (χ3n) is 4.65. The number of aromatic nitrogens is 2. The molecule has 1 heterocycles. The van der Waals surface area contributed by atoms with Gasteiger partial charge in [0.1, 0.15) is 11.5 Å². The van der Waals surface area contributed by atoms with Gasteiger partial charge in [0.15, 0.2) is 0 Å². The molecule has 30 heavy (non-hydrogen) atoms. The van der Waals surface area contributed by atoms with E-state index in [1.807, 2.05) is 33.2 Å². The van der Waals surface area contributed by atoms with Crippen molar-refractivity contribution < 1.29 is 9.18 Å². The van der Waals surface area contributed by atoms with E-state index in [9.17, 15) is 14.0 Å². The summed E-state index contributed by atoms with van der Waals surface area (Å²) in [6, 6.07) is 16.3. The van der Waals surface area contributed by atoms with Crippen LogP contribution in [-0.4, -0.2) is 46.1 Å². The molecule has 3 aromatic rings. The van der Waals surface area contributed by atoms with Gasteiger partial charge in [0.2, 0.25) is 0 Å². The normalized spacial score (nSPS) is 11.0. The number of nitrogens with zero attached hydrogens (tertiary/aromatic N) is 4. The maximum atomic E-state index is 13.2. The molecule has 0 aliphatic carbocycles. The monoisotopic (exact) mass is 408 g/mol. The van der Waals surface area contributed by atoms with Gasteiger partial charge in [0.25, 0.3) is 11.5 Å². The molecule has 156 valence electrons. The highest BCUT2D eigenvalue weighted by molar-refractivity contribution is 5.92. The second-order valence-electron chi connectivity index (χ2n) is 7.32. The summed E-state index contributed by atoms with van der Waals surface area (Å²) in [4.78, 5) is 29.0. The van der Waals surface area contributed by atoms with Crippen molar-refractivity contribution in [2.24, 2.45) is 0 Å². The Morgan fingerprint density at radius 2 is 1.53 bits per heavy atom. The van der Waals surface area contributed by atoms with E-state index in [1.165, 1.54) is 42.0 Å². The lowest BCUT2D eigenvalue weighted by Crippen LogP contribution is -2.33. The van der Waals surface area contributed by atoms with Crippen LogP contribution in [0.3, 0.4) is 0 Å². The predicted molar refractivity (Wildman–Crippen MR) is 114 cm³/mol. The predicted octanol–water partition coefficient (Wildman–Crippen LogP) is 3.10. The molecule has 0 bridgehead atoms. The lowest BCUT2D eigenvalue weighted by Gasteiger charge is -2.21. The number of benzene rings is 2. The van der Waals surface area contributed by atoms with Crippen molar-refractivity contribution >= 4 is 5.91 Å². The van der Waals surface area contributed by atoms with Crippen molar-refractivity contribution in [1.29, 1.82) is 0 Å². The molecule has 3 rings (SSSR count). The highest BCUT2D eigenvalue weighted by Crippen LogP contribution is 2.12. The van der Waals surface area contributed by atoms with Gasteiger partial charge in [0, 0.05) is 25.7 Å². The zero-order valence-corrected chi connectivity index (χ0v) is 17.4. The first kappa shape index (κ1) is 21.4. The molecular formula is C23H25FN4O2. The SMILES string of the molecule is CCN(Cc1ccc(CN(C)C)cc1)C(=O)c1ccc(=O)n(-c2ccc(F)cc2)n1. The minimum absolute atomic E-state index is 0.157. The van der Waals surface area contributed by atoms with Crippen LogP contribution >= 0.6 is 0 Å². The first-order valence-corrected chi connectivity index (χ1v) is 9.75. The van der Waals surface area contributed by atoms with Gasteiger partial charge >= 0.3 is 0 Å². The number of carbonyl (C=O) groups is 1. The maximum Gasteiger partial charge on any atom is 0.274 e. The molecular weight excluding hydrogens is 383 g/mol. The lowest BCUT2D eigenvalue weighted by molar-refractivity contribution is 0.0744. The summed E-state index contributed by atoms with van der Waals surface area (Å²) in [5, 5.41) is 4.21. The van der Waals surface area contributed by atoms with E-state index in [0.717, 1.165) is 16.8 Å². The van der Waals surface area contributed by atoms with Gasteiger partial charge in [-0.15, -0.1) is 0 Å². The van der Waals surface area contributed by atoms with Gasteiger partial charge in [-0.3, -0.25) is 9.59 Å². The van der Waals surface area contributed by atoms with Crippen LogP contribution in [0.1, 0.15) is 28.5 Å². The first-order chi connectivity index (χ1) is 14.4. The average molecular weight is 408 g/mol. The Balaban J connectivity index is 1.81. The van der Waals surface area contributed by atoms with Crippen molar-refractivity contribution in [3.8, 4) is 5.69 Å². The number of amides is 1. The van der Waals surface area contributed by atoms with E-state index in [2.05, 4.69) is 22.1 Å². The van der Waals surface area contributed by atoms with Crippen LogP contribution in [0.5, 0.6) is 0 Å². The summed E-state index contributed by atoms with van der Waals surface area (Å²) < 4.78 is 14.3. The summed E-state index contributed by atoms with van der Waals surface area (Å²) >= 11 is 0. The van der Waals surface area contributed by atoms with E-state index in [0.29, 0.717) is 18.8 Å². The second-order valence-corrected chi connectivity index (χ2v) is 7.32. The van der Waals surface area contributed by atoms with Gasteiger partial charge in [-0.25, -0.2) is 4.39 Å². The zero-order chi connectivity index (χ0) is 21.7. The van der Waals surface area contributed by atoms with Gasteiger partial charge in [-0.05, 0) is 62.5 Å². The summed E-state index contributed by atoms with van der Waals surface area (Å²) in [5.74, 6) is -0.682. The molecule has 0 aliphatic rings. The Morgan fingerprint density at radius 1 is 0.933 bits per heavy atom. The Morgan fingerprint density at radius 3 is 2.10 bits per heavy atom. The largest absolute Gasteiger partial charge is 0.333 e. The van der Waals surface area contributed by atoms with Crippen LogP contribution in [0.15, 0.2) is 65.5 Å². The summed E-state index contributed by atoms with van der Waals surface area (Å²) in [6.45, 7) is 3.68. The standard InChI is InChI=1S/C23H25FN4O2/c1-4-27(16-18-7-5-17(6-8-18)15-26(2)3)23(30)21-13-14-22(29)28(25-21)20-11-9-19(24)10-12-20/h5-14H,4,15-16H2,1-3H3. The van der Waals surface area contributed by atoms with Crippen molar-refractivity contribution in [2.45, 2.75) is 20.0 Å². The lowest BCUT2D eigenvalue weighted by atomic mass is 10.1. The molecule has 0 aliphatic heterocycles. The van der Waals surface area contributed by atoms with Gasteiger partial charge < -0.3 is 9.80 Å². The molecule has 0 fully saturated rings. The summed E-state index contributed by atoms with van der Waals surface area (Å²) in [7, 11) is 4.04. The molecule has 6 nitrogen and oxygen atoms in total. The minimum atomic E-state index is -0.409. The highest BCUT2D eigenvalue weighted by Gasteiger charge is 2.18. The third-order valence-corrected chi connectivity index (χ3v) is 4.65. The third kappa shape index (κ3) is 5.18. The Kier molecular flexibility index (Phi) is 6.74. The van der Waals surface area contributed by atoms with E-state index in [4.69, 9.17) is 0 Å². The van der Waals surface area contributed by atoms with Gasteiger partial charge in [0.05, 0.1) is 5.69 Å². The molecule has 1 amide bonds. The Labute approximate surface area is 175 Å². The fraction of sp³-hybridized carbons (Fsp3) is 0.261. The highest BCUT2D eigenvalue weighted by atomic mass is 19.1. The molecule has 0 saturated carbocycles. The molecule has 2 aromatic carbocycles. The van der Waals surface area contributed by atoms with Crippen molar-refractivity contribution in [3.05, 3.63) is 93.7 Å². The minimum Gasteiger partial charge on any atom is -0.333 e. The van der Waals surface area contributed by atoms with Crippen molar-refractivity contribution in [3.63, 3.8) is 0 Å². The molecule has 1 aromatic heterocycles. The molecule has 0 atom stereocenters. The van der Waals surface area contributed by atoms with Crippen LogP contribution < -0.4 is 5.56 Å². The molecule has 0 unspecified atom stereocenters. The van der Waals surface area contributed by atoms with Crippen LogP contribution in [0, 0.1) is 5.82 Å². The van der Waals surface area contributed by atoms with Gasteiger partial charge in [-0.1, -0.05) is 24.3 Å². The molecule has 0 radical (unpaired) electrons. The van der Waals surface area contributed by atoms with E-state index < -0.39 is 11.4 Å². The fourth-order valence-corrected chi connectivity index (χ4v) is 3.12. The van der Waals surface area contributed by atoms with Gasteiger partial charge in [-0.2, -0.15) is 9.78 Å². The fourth-order valence-electron chi connectivity index (χ4n) is 3.12. The quantitative estimate of drug-likeness (QED) is 0.603. The van der Waals surface area contributed by atoms with E-state index in [1.54, 1.807) is 4.90 Å². The molecule has 0 saturated heterocycles. The van der Waals surface area contributed by atoms with E-state index in [-0.39, 0.29) is 11.6 Å². The molecule has 0 spiro atoms. The Bertz CT molecular complexity index is 1060. The topological polar surface area (TPSA) is 58.4 Å². The summed E-state index contributed by atoms with van der Waals surface area (Å²) in [5.41, 5.74) is 2.38. The van der Waals surface area contributed by atoms with Crippen LogP contribution in [0.2, 0.25) is 0 Å². The first-order valence-electron chi connectivity index (χ1n) is 9.75. The molecule has 0 N–H and O–H groups in total. The molecule has 7 heteroatoms. The number of rotatable bonds is 7. The number of halogens is 1.